The summed E-state index contributed by atoms with van der Waals surface area (Å²) in [6.45, 7) is 8.20. The molecule has 0 aliphatic heterocycles. The number of aryl methyl sites for hydroxylation is 1. The first kappa shape index (κ1) is 20.6. The molecular formula is C18H31BrF2N2. The van der Waals surface area contributed by atoms with Gasteiger partial charge in [-0.15, -0.1) is 0 Å². The Labute approximate surface area is 148 Å². The zero-order valence-corrected chi connectivity index (χ0v) is 16.6. The molecule has 1 unspecified atom stereocenters. The fraction of sp³-hybridized carbons (Fsp3) is 0.833. The van der Waals surface area contributed by atoms with Crippen LogP contribution in [0.4, 0.5) is 8.78 Å². The molecule has 1 heterocycles. The first-order valence-electron chi connectivity index (χ1n) is 8.91. The molecule has 0 bridgehead atoms. The van der Waals surface area contributed by atoms with E-state index in [0.29, 0.717) is 10.3 Å². The van der Waals surface area contributed by atoms with Gasteiger partial charge in [0, 0.05) is 0 Å². The molecule has 0 spiro atoms. The van der Waals surface area contributed by atoms with E-state index >= 15 is 0 Å². The minimum atomic E-state index is -2.49. The average molecular weight is 393 g/mol. The first-order valence-corrected chi connectivity index (χ1v) is 9.70. The van der Waals surface area contributed by atoms with Gasteiger partial charge >= 0.3 is 0 Å². The molecule has 0 aliphatic rings. The number of halogens is 3. The van der Waals surface area contributed by atoms with Crippen molar-refractivity contribution in [3.63, 3.8) is 0 Å². The molecule has 1 aromatic heterocycles. The number of rotatable bonds is 11. The van der Waals surface area contributed by atoms with Crippen LogP contribution < -0.4 is 0 Å². The maximum Gasteiger partial charge on any atom is 0.268 e. The van der Waals surface area contributed by atoms with Crippen molar-refractivity contribution in [1.29, 1.82) is 0 Å². The van der Waals surface area contributed by atoms with Gasteiger partial charge < -0.3 is 0 Å². The SMILES string of the molecule is CCCCCCCC(C)(CCCC)n1nc(C)c(C(F)F)c1Br. The lowest BCUT2D eigenvalue weighted by Crippen LogP contribution is -2.31. The summed E-state index contributed by atoms with van der Waals surface area (Å²) in [5.41, 5.74) is 0.276. The molecule has 1 atom stereocenters. The highest BCUT2D eigenvalue weighted by Gasteiger charge is 2.32. The van der Waals surface area contributed by atoms with Gasteiger partial charge in [0.15, 0.2) is 0 Å². The molecule has 0 aliphatic carbocycles. The molecule has 1 aromatic rings. The second-order valence-electron chi connectivity index (χ2n) is 6.77. The first-order chi connectivity index (χ1) is 10.9. The van der Waals surface area contributed by atoms with Crippen molar-refractivity contribution in [1.82, 2.24) is 9.78 Å². The van der Waals surface area contributed by atoms with Crippen LogP contribution in [0.1, 0.15) is 96.2 Å². The summed E-state index contributed by atoms with van der Waals surface area (Å²) in [5.74, 6) is 0. The lowest BCUT2D eigenvalue weighted by Gasteiger charge is -2.31. The highest BCUT2D eigenvalue weighted by Crippen LogP contribution is 2.37. The normalized spacial score (nSPS) is 14.4. The Morgan fingerprint density at radius 1 is 1.04 bits per heavy atom. The van der Waals surface area contributed by atoms with Gasteiger partial charge in [-0.3, -0.25) is 4.68 Å². The molecule has 23 heavy (non-hydrogen) atoms. The van der Waals surface area contributed by atoms with E-state index in [4.69, 9.17) is 0 Å². The van der Waals surface area contributed by atoms with Crippen LogP contribution in [0.15, 0.2) is 4.60 Å². The van der Waals surface area contributed by atoms with E-state index in [2.05, 4.69) is 41.8 Å². The molecule has 0 radical (unpaired) electrons. The number of aromatic nitrogens is 2. The van der Waals surface area contributed by atoms with Crippen LogP contribution in [0.3, 0.4) is 0 Å². The van der Waals surface area contributed by atoms with Crippen molar-refractivity contribution in [2.45, 2.75) is 97.4 Å². The molecule has 0 aromatic carbocycles. The van der Waals surface area contributed by atoms with Gasteiger partial charge in [0.25, 0.3) is 6.43 Å². The van der Waals surface area contributed by atoms with E-state index < -0.39 is 6.43 Å². The van der Waals surface area contributed by atoms with E-state index in [1.165, 1.54) is 25.7 Å². The summed E-state index contributed by atoms with van der Waals surface area (Å²) in [7, 11) is 0. The lowest BCUT2D eigenvalue weighted by atomic mass is 9.88. The summed E-state index contributed by atoms with van der Waals surface area (Å²) in [4.78, 5) is 0. The Hall–Kier alpha value is -0.450. The third-order valence-corrected chi connectivity index (χ3v) is 5.43. The number of nitrogens with zero attached hydrogens (tertiary/aromatic N) is 2. The fourth-order valence-electron chi connectivity index (χ4n) is 3.12. The summed E-state index contributed by atoms with van der Waals surface area (Å²) in [6.07, 6.45) is 7.73. The third-order valence-electron chi connectivity index (χ3n) is 4.67. The summed E-state index contributed by atoms with van der Waals surface area (Å²) >= 11 is 3.38. The number of hydrogen-bond acceptors (Lipinski definition) is 1. The molecule has 0 saturated carbocycles. The number of hydrogen-bond donors (Lipinski definition) is 0. The maximum atomic E-state index is 13.3. The van der Waals surface area contributed by atoms with Crippen LogP contribution in [0.25, 0.3) is 0 Å². The van der Waals surface area contributed by atoms with Gasteiger partial charge in [-0.25, -0.2) is 8.78 Å². The van der Waals surface area contributed by atoms with Crippen molar-refractivity contribution >= 4 is 15.9 Å². The van der Waals surface area contributed by atoms with Crippen LogP contribution in [0, 0.1) is 6.92 Å². The molecule has 0 saturated heterocycles. The Morgan fingerprint density at radius 3 is 2.13 bits per heavy atom. The Bertz CT molecular complexity index is 474. The van der Waals surface area contributed by atoms with Crippen molar-refractivity contribution in [2.75, 3.05) is 0 Å². The topological polar surface area (TPSA) is 17.8 Å². The van der Waals surface area contributed by atoms with Crippen molar-refractivity contribution in [3.8, 4) is 0 Å². The Kier molecular flexibility index (Phi) is 8.73. The molecule has 0 fully saturated rings. The van der Waals surface area contributed by atoms with Gasteiger partial charge in [0.1, 0.15) is 4.60 Å². The minimum absolute atomic E-state index is 0.0405. The van der Waals surface area contributed by atoms with Crippen LogP contribution in [0.5, 0.6) is 0 Å². The monoisotopic (exact) mass is 392 g/mol. The second-order valence-corrected chi connectivity index (χ2v) is 7.52. The van der Waals surface area contributed by atoms with Crippen LogP contribution in [0.2, 0.25) is 0 Å². The van der Waals surface area contributed by atoms with Gasteiger partial charge in [-0.1, -0.05) is 58.8 Å². The van der Waals surface area contributed by atoms with Crippen molar-refractivity contribution in [3.05, 3.63) is 15.9 Å². The van der Waals surface area contributed by atoms with Crippen LogP contribution in [-0.4, -0.2) is 9.78 Å². The Morgan fingerprint density at radius 2 is 1.61 bits per heavy atom. The summed E-state index contributed by atoms with van der Waals surface area (Å²) < 4.78 is 28.8. The fourth-order valence-corrected chi connectivity index (χ4v) is 4.09. The second kappa shape index (κ2) is 9.75. The van der Waals surface area contributed by atoms with Crippen LogP contribution >= 0.6 is 15.9 Å². The third kappa shape index (κ3) is 5.54. The van der Waals surface area contributed by atoms with Crippen LogP contribution in [-0.2, 0) is 5.54 Å². The van der Waals surface area contributed by atoms with E-state index in [-0.39, 0.29) is 11.1 Å². The van der Waals surface area contributed by atoms with Gasteiger partial charge in [-0.2, -0.15) is 5.10 Å². The van der Waals surface area contributed by atoms with E-state index in [0.717, 1.165) is 32.1 Å². The zero-order chi connectivity index (χ0) is 17.5. The van der Waals surface area contributed by atoms with Gasteiger partial charge in [0.2, 0.25) is 0 Å². The molecule has 1 rings (SSSR count). The highest BCUT2D eigenvalue weighted by atomic mass is 79.9. The molecule has 134 valence electrons. The van der Waals surface area contributed by atoms with Crippen molar-refractivity contribution in [2.24, 2.45) is 0 Å². The van der Waals surface area contributed by atoms with E-state index in [9.17, 15) is 8.78 Å². The standard InChI is InChI=1S/C18H31BrF2N2/c1-5-7-9-10-11-13-18(4,12-8-6-2)23-16(19)15(17(20)21)14(3)22-23/h17H,5-13H2,1-4H3. The van der Waals surface area contributed by atoms with Crippen molar-refractivity contribution < 1.29 is 8.78 Å². The van der Waals surface area contributed by atoms with E-state index in [1.54, 1.807) is 6.92 Å². The molecule has 0 N–H and O–H groups in total. The Balaban J connectivity index is 2.94. The predicted molar refractivity (Wildman–Crippen MR) is 96.2 cm³/mol. The average Bonchev–Trinajstić information content (AvgIpc) is 2.80. The van der Waals surface area contributed by atoms with E-state index in [1.807, 2.05) is 4.68 Å². The largest absolute Gasteiger partial charge is 0.268 e. The quantitative estimate of drug-likeness (QED) is 0.365. The molecule has 2 nitrogen and oxygen atoms in total. The predicted octanol–water partition coefficient (Wildman–Crippen LogP) is 7.16. The number of unbranched alkanes of at least 4 members (excludes halogenated alkanes) is 5. The summed E-state index contributed by atoms with van der Waals surface area (Å²) in [6, 6.07) is 0. The molecule has 0 amide bonds. The molecular weight excluding hydrogens is 362 g/mol. The molecule has 5 heteroatoms. The lowest BCUT2D eigenvalue weighted by molar-refractivity contribution is 0.148. The summed E-state index contributed by atoms with van der Waals surface area (Å²) in [5, 5.41) is 4.46. The zero-order valence-electron chi connectivity index (χ0n) is 15.0. The number of alkyl halides is 2. The minimum Gasteiger partial charge on any atom is -0.252 e. The maximum absolute atomic E-state index is 13.3. The highest BCUT2D eigenvalue weighted by molar-refractivity contribution is 9.10. The van der Waals surface area contributed by atoms with Gasteiger partial charge in [0.05, 0.1) is 16.8 Å². The van der Waals surface area contributed by atoms with Gasteiger partial charge in [-0.05, 0) is 42.6 Å². The smallest absolute Gasteiger partial charge is 0.252 e.